The van der Waals surface area contributed by atoms with Crippen molar-refractivity contribution in [2.75, 3.05) is 40.9 Å². The smallest absolute Gasteiger partial charge is 0.391 e. The minimum Gasteiger partial charge on any atom is -0.391 e. The van der Waals surface area contributed by atoms with Crippen molar-refractivity contribution >= 4 is 13.7 Å². The molecule has 0 spiro atoms. The number of phosphoric ester groups is 1. The van der Waals surface area contributed by atoms with Gasteiger partial charge in [-0.1, -0.05) is 123 Å². The summed E-state index contributed by atoms with van der Waals surface area (Å²) in [6.45, 7) is 4.80. The lowest BCUT2D eigenvalue weighted by molar-refractivity contribution is -0.870. The van der Waals surface area contributed by atoms with Crippen LogP contribution in [0.4, 0.5) is 0 Å². The molecule has 0 aliphatic rings. The highest BCUT2D eigenvalue weighted by Crippen LogP contribution is 2.43. The number of carbonyl (C=O) groups is 1. The van der Waals surface area contributed by atoms with Crippen molar-refractivity contribution in [3.05, 3.63) is 0 Å². The fourth-order valence-electron chi connectivity index (χ4n) is 4.63. The second kappa shape index (κ2) is 25.0. The van der Waals surface area contributed by atoms with Gasteiger partial charge in [0.25, 0.3) is 0 Å². The largest absolute Gasteiger partial charge is 0.472 e. The minimum absolute atomic E-state index is 0.0771. The Morgan fingerprint density at radius 1 is 0.750 bits per heavy atom. The van der Waals surface area contributed by atoms with Crippen molar-refractivity contribution < 1.29 is 32.9 Å². The number of aliphatic hydroxyl groups is 1. The van der Waals surface area contributed by atoms with Gasteiger partial charge in [0.15, 0.2) is 0 Å². The summed E-state index contributed by atoms with van der Waals surface area (Å²) in [5, 5.41) is 13.7. The molecule has 0 fully saturated rings. The van der Waals surface area contributed by atoms with E-state index in [-0.39, 0.29) is 19.1 Å². The predicted octanol–water partition coefficient (Wildman–Crippen LogP) is 7.51. The minimum atomic E-state index is -4.28. The molecule has 0 saturated carbocycles. The van der Waals surface area contributed by atoms with Crippen LogP contribution in [0.15, 0.2) is 0 Å². The van der Waals surface area contributed by atoms with Crippen LogP contribution in [0.1, 0.15) is 142 Å². The summed E-state index contributed by atoms with van der Waals surface area (Å²) in [5.41, 5.74) is 0. The van der Waals surface area contributed by atoms with E-state index in [1.54, 1.807) is 0 Å². The third-order valence-corrected chi connectivity index (χ3v) is 8.34. The first-order chi connectivity index (χ1) is 19.0. The monoisotopic (exact) mass is 593 g/mol. The molecular formula is C31H66N2O6P+. The molecule has 0 rings (SSSR count). The van der Waals surface area contributed by atoms with Crippen LogP contribution in [-0.2, 0) is 18.4 Å². The fourth-order valence-corrected chi connectivity index (χ4v) is 5.37. The zero-order chi connectivity index (χ0) is 30.1. The zero-order valence-corrected chi connectivity index (χ0v) is 27.7. The van der Waals surface area contributed by atoms with Crippen molar-refractivity contribution in [1.82, 2.24) is 5.32 Å². The van der Waals surface area contributed by atoms with Crippen LogP contribution in [0.2, 0.25) is 0 Å². The summed E-state index contributed by atoms with van der Waals surface area (Å²) < 4.78 is 23.3. The van der Waals surface area contributed by atoms with E-state index in [1.165, 1.54) is 77.0 Å². The second-order valence-electron chi connectivity index (χ2n) is 12.5. The summed E-state index contributed by atoms with van der Waals surface area (Å²) in [7, 11) is 1.61. The Bertz CT molecular complexity index is 644. The highest BCUT2D eigenvalue weighted by molar-refractivity contribution is 7.47. The molecule has 40 heavy (non-hydrogen) atoms. The van der Waals surface area contributed by atoms with Gasteiger partial charge in [0, 0.05) is 6.42 Å². The van der Waals surface area contributed by atoms with E-state index in [2.05, 4.69) is 19.2 Å². The summed E-state index contributed by atoms with van der Waals surface area (Å²) in [6.07, 6.45) is 21.3. The van der Waals surface area contributed by atoms with Crippen LogP contribution in [-0.4, -0.2) is 73.4 Å². The molecule has 0 aromatic heterocycles. The van der Waals surface area contributed by atoms with Gasteiger partial charge in [0.1, 0.15) is 13.2 Å². The van der Waals surface area contributed by atoms with Gasteiger partial charge in [-0.15, -0.1) is 0 Å². The number of unbranched alkanes of at least 4 members (excludes halogenated alkanes) is 16. The van der Waals surface area contributed by atoms with E-state index < -0.39 is 20.0 Å². The number of rotatable bonds is 29. The highest BCUT2D eigenvalue weighted by atomic mass is 31.2. The lowest BCUT2D eigenvalue weighted by atomic mass is 10.0. The van der Waals surface area contributed by atoms with Gasteiger partial charge in [0.05, 0.1) is 39.9 Å². The summed E-state index contributed by atoms with van der Waals surface area (Å²) in [5.74, 6) is -0.151. The molecule has 0 saturated heterocycles. The van der Waals surface area contributed by atoms with Crippen molar-refractivity contribution in [2.45, 2.75) is 154 Å². The molecule has 0 aliphatic heterocycles. The molecule has 0 radical (unpaired) electrons. The topological polar surface area (TPSA) is 105 Å². The van der Waals surface area contributed by atoms with E-state index in [0.717, 1.165) is 38.5 Å². The zero-order valence-electron chi connectivity index (χ0n) is 26.8. The van der Waals surface area contributed by atoms with E-state index in [0.29, 0.717) is 23.9 Å². The van der Waals surface area contributed by atoms with Crippen molar-refractivity contribution in [3.63, 3.8) is 0 Å². The number of aliphatic hydroxyl groups excluding tert-OH is 1. The van der Waals surface area contributed by atoms with E-state index >= 15 is 0 Å². The van der Waals surface area contributed by atoms with Gasteiger partial charge in [-0.25, -0.2) is 4.57 Å². The van der Waals surface area contributed by atoms with Crippen molar-refractivity contribution in [2.24, 2.45) is 0 Å². The van der Waals surface area contributed by atoms with Gasteiger partial charge in [-0.05, 0) is 12.8 Å². The Morgan fingerprint density at radius 3 is 1.68 bits per heavy atom. The summed E-state index contributed by atoms with van der Waals surface area (Å²) in [6, 6.07) is -0.747. The van der Waals surface area contributed by atoms with Crippen LogP contribution >= 0.6 is 7.82 Å². The highest BCUT2D eigenvalue weighted by Gasteiger charge is 2.28. The van der Waals surface area contributed by atoms with Crippen LogP contribution in [0.3, 0.4) is 0 Å². The number of nitrogens with zero attached hydrogens (tertiary/aromatic N) is 1. The number of hydrogen-bond donors (Lipinski definition) is 3. The predicted molar refractivity (Wildman–Crippen MR) is 166 cm³/mol. The van der Waals surface area contributed by atoms with Gasteiger partial charge >= 0.3 is 7.82 Å². The summed E-state index contributed by atoms with van der Waals surface area (Å²) in [4.78, 5) is 22.8. The van der Waals surface area contributed by atoms with Crippen LogP contribution in [0.25, 0.3) is 0 Å². The van der Waals surface area contributed by atoms with Gasteiger partial charge in [0.2, 0.25) is 5.91 Å². The molecule has 0 aliphatic carbocycles. The van der Waals surface area contributed by atoms with E-state index in [9.17, 15) is 19.4 Å². The average Bonchev–Trinajstić information content (AvgIpc) is 2.88. The first kappa shape index (κ1) is 39.5. The Kier molecular flexibility index (Phi) is 24.7. The van der Waals surface area contributed by atoms with Crippen LogP contribution in [0.5, 0.6) is 0 Å². The Morgan fingerprint density at radius 2 is 1.20 bits per heavy atom. The number of amides is 1. The molecule has 8 nitrogen and oxygen atoms in total. The number of quaternary nitrogens is 1. The van der Waals surface area contributed by atoms with Gasteiger partial charge in [-0.3, -0.25) is 13.8 Å². The van der Waals surface area contributed by atoms with Crippen molar-refractivity contribution in [1.29, 1.82) is 0 Å². The molecule has 3 atom stereocenters. The van der Waals surface area contributed by atoms with Gasteiger partial charge < -0.3 is 19.8 Å². The third-order valence-electron chi connectivity index (χ3n) is 7.36. The van der Waals surface area contributed by atoms with Crippen LogP contribution < -0.4 is 5.32 Å². The first-order valence-corrected chi connectivity index (χ1v) is 17.9. The van der Waals surface area contributed by atoms with Gasteiger partial charge in [-0.2, -0.15) is 0 Å². The molecule has 3 unspecified atom stereocenters. The molecule has 0 aromatic rings. The van der Waals surface area contributed by atoms with Crippen LogP contribution in [0, 0.1) is 0 Å². The van der Waals surface area contributed by atoms with E-state index in [4.69, 9.17) is 9.05 Å². The second-order valence-corrected chi connectivity index (χ2v) is 14.0. The van der Waals surface area contributed by atoms with Crippen molar-refractivity contribution in [3.8, 4) is 0 Å². The SMILES string of the molecule is CCCCCCCCCCCCCC(=O)NC(COP(=O)(O)OCC[N+](C)(C)C)C(O)CCCCCCCCC. The molecule has 0 aromatic carbocycles. The number of phosphoric acid groups is 1. The molecular weight excluding hydrogens is 527 g/mol. The molecule has 3 N–H and O–H groups in total. The lowest BCUT2D eigenvalue weighted by Gasteiger charge is -2.26. The quantitative estimate of drug-likeness (QED) is 0.0471. The first-order valence-electron chi connectivity index (χ1n) is 16.4. The lowest BCUT2D eigenvalue weighted by Crippen LogP contribution is -2.46. The maximum atomic E-state index is 12.7. The Balaban J connectivity index is 4.51. The van der Waals surface area contributed by atoms with E-state index in [1.807, 2.05) is 21.1 Å². The molecule has 240 valence electrons. The third kappa shape index (κ3) is 26.4. The number of likely N-dealkylation sites (N-methyl/N-ethyl adjacent to an activating group) is 1. The fraction of sp³-hybridized carbons (Fsp3) is 0.968. The molecule has 0 heterocycles. The molecule has 9 heteroatoms. The average molecular weight is 594 g/mol. The Labute approximate surface area is 247 Å². The number of carbonyl (C=O) groups excluding carboxylic acids is 1. The normalized spacial score (nSPS) is 15.1. The Hall–Kier alpha value is -0.500. The maximum Gasteiger partial charge on any atom is 0.472 e. The number of nitrogens with one attached hydrogen (secondary N) is 1. The molecule has 0 bridgehead atoms. The maximum absolute atomic E-state index is 12.7. The summed E-state index contributed by atoms with van der Waals surface area (Å²) >= 11 is 0. The number of hydrogen-bond acceptors (Lipinski definition) is 5. The molecule has 1 amide bonds. The standard InChI is InChI=1S/C31H65N2O6P/c1-6-8-10-12-14-15-16-17-19-21-23-25-31(35)32-29(30(34)24-22-20-18-13-11-9-7-2)28-39-40(36,37)38-27-26-33(3,4)5/h29-30,34H,6-28H2,1-5H3,(H-,32,35,36,37)/p+1.